The molecule has 3 nitrogen and oxygen atoms in total. The lowest BCUT2D eigenvalue weighted by atomic mass is 10.4. The third kappa shape index (κ3) is 1.33. The van der Waals surface area contributed by atoms with Crippen molar-refractivity contribution < 1.29 is 0 Å². The fourth-order valence-electron chi connectivity index (χ4n) is 1.43. The van der Waals surface area contributed by atoms with Crippen molar-refractivity contribution in [1.82, 2.24) is 14.5 Å². The Morgan fingerprint density at radius 1 is 1.23 bits per heavy atom. The Hall–Kier alpha value is -1.64. The van der Waals surface area contributed by atoms with E-state index in [1.165, 1.54) is 0 Å². The summed E-state index contributed by atoms with van der Waals surface area (Å²) in [6.07, 6.45) is 5.47. The summed E-state index contributed by atoms with van der Waals surface area (Å²) in [6, 6.07) is 3.95. The molecule has 0 bridgehead atoms. The zero-order chi connectivity index (χ0) is 9.26. The normalized spacial score (nSPS) is 10.3. The molecule has 0 spiro atoms. The van der Waals surface area contributed by atoms with Gasteiger partial charge in [-0.3, -0.25) is 9.55 Å². The molecule has 13 heavy (non-hydrogen) atoms. The topological polar surface area (TPSA) is 30.7 Å². The van der Waals surface area contributed by atoms with E-state index in [0.717, 1.165) is 17.2 Å². The number of aromatic nitrogens is 3. The number of aryl methyl sites for hydroxylation is 2. The third-order valence-corrected chi connectivity index (χ3v) is 2.02. The summed E-state index contributed by atoms with van der Waals surface area (Å²) in [5, 5.41) is 0. The predicted molar refractivity (Wildman–Crippen MR) is 50.8 cm³/mol. The van der Waals surface area contributed by atoms with Gasteiger partial charge in [0, 0.05) is 18.1 Å². The average Bonchev–Trinajstić information content (AvgIpc) is 2.48. The molecular formula is C10H11N3. The van der Waals surface area contributed by atoms with Crippen molar-refractivity contribution in [3.63, 3.8) is 0 Å². The van der Waals surface area contributed by atoms with Crippen molar-refractivity contribution in [3.05, 3.63) is 42.2 Å². The quantitative estimate of drug-likeness (QED) is 0.659. The highest BCUT2D eigenvalue weighted by molar-refractivity contribution is 5.31. The summed E-state index contributed by atoms with van der Waals surface area (Å²) in [7, 11) is 0. The molecule has 2 rings (SSSR count). The average molecular weight is 173 g/mol. The number of imidazole rings is 1. The fourth-order valence-corrected chi connectivity index (χ4v) is 1.43. The van der Waals surface area contributed by atoms with Gasteiger partial charge in [-0.2, -0.15) is 0 Å². The van der Waals surface area contributed by atoms with Gasteiger partial charge >= 0.3 is 0 Å². The first-order valence-corrected chi connectivity index (χ1v) is 4.20. The lowest BCUT2D eigenvalue weighted by Crippen LogP contribution is -1.98. The van der Waals surface area contributed by atoms with E-state index in [9.17, 15) is 0 Å². The highest BCUT2D eigenvalue weighted by Gasteiger charge is 2.03. The minimum absolute atomic E-state index is 0.991. The number of nitrogens with zero attached hydrogens (tertiary/aromatic N) is 3. The van der Waals surface area contributed by atoms with E-state index in [2.05, 4.69) is 14.5 Å². The molecule has 0 saturated carbocycles. The Labute approximate surface area is 77.1 Å². The second kappa shape index (κ2) is 3.01. The number of rotatable bonds is 1. The molecule has 0 aliphatic carbocycles. The van der Waals surface area contributed by atoms with Crippen LogP contribution in [-0.4, -0.2) is 14.5 Å². The zero-order valence-electron chi connectivity index (χ0n) is 7.73. The zero-order valence-corrected chi connectivity index (χ0v) is 7.73. The molecule has 0 radical (unpaired) electrons. The first-order valence-electron chi connectivity index (χ1n) is 4.20. The smallest absolute Gasteiger partial charge is 0.110 e. The summed E-state index contributed by atoms with van der Waals surface area (Å²) >= 11 is 0. The van der Waals surface area contributed by atoms with Crippen LogP contribution in [0.3, 0.4) is 0 Å². The molecule has 2 aromatic rings. The second-order valence-electron chi connectivity index (χ2n) is 2.99. The fraction of sp³-hybridized carbons (Fsp3) is 0.200. The van der Waals surface area contributed by atoms with Crippen LogP contribution in [0, 0.1) is 13.8 Å². The van der Waals surface area contributed by atoms with Crippen LogP contribution < -0.4 is 0 Å². The highest BCUT2D eigenvalue weighted by atomic mass is 15.1. The molecule has 2 aromatic heterocycles. The van der Waals surface area contributed by atoms with Gasteiger partial charge in [0.15, 0.2) is 0 Å². The Morgan fingerprint density at radius 3 is 2.62 bits per heavy atom. The minimum atomic E-state index is 0.991. The van der Waals surface area contributed by atoms with E-state index in [4.69, 9.17) is 0 Å². The first-order chi connectivity index (χ1) is 6.29. The van der Waals surface area contributed by atoms with Gasteiger partial charge in [0.2, 0.25) is 0 Å². The van der Waals surface area contributed by atoms with Gasteiger partial charge in [0.25, 0.3) is 0 Å². The van der Waals surface area contributed by atoms with E-state index in [0.29, 0.717) is 0 Å². The van der Waals surface area contributed by atoms with Crippen LogP contribution in [0.1, 0.15) is 11.5 Å². The van der Waals surface area contributed by atoms with Gasteiger partial charge < -0.3 is 0 Å². The maximum Gasteiger partial charge on any atom is 0.110 e. The molecule has 0 atom stereocenters. The molecule has 3 heteroatoms. The summed E-state index contributed by atoms with van der Waals surface area (Å²) in [6.45, 7) is 4.02. The minimum Gasteiger partial charge on any atom is -0.300 e. The summed E-state index contributed by atoms with van der Waals surface area (Å²) in [4.78, 5) is 8.30. The molecule has 0 aromatic carbocycles. The van der Waals surface area contributed by atoms with E-state index in [1.54, 1.807) is 6.20 Å². The van der Waals surface area contributed by atoms with Crippen molar-refractivity contribution in [2.45, 2.75) is 13.8 Å². The standard InChI is InChI=1S/C10H11N3/c1-8-6-12-9(2)13(8)10-4-3-5-11-7-10/h3-7H,1-2H3. The molecule has 0 saturated heterocycles. The number of hydrogen-bond acceptors (Lipinski definition) is 2. The van der Waals surface area contributed by atoms with Crippen LogP contribution in [0.2, 0.25) is 0 Å². The van der Waals surface area contributed by atoms with Crippen LogP contribution in [0.5, 0.6) is 0 Å². The predicted octanol–water partition coefficient (Wildman–Crippen LogP) is 1.88. The SMILES string of the molecule is Cc1cnc(C)n1-c1cccnc1. The van der Waals surface area contributed by atoms with Gasteiger partial charge in [-0.05, 0) is 26.0 Å². The van der Waals surface area contributed by atoms with Crippen LogP contribution in [-0.2, 0) is 0 Å². The van der Waals surface area contributed by atoms with Crippen molar-refractivity contribution in [3.8, 4) is 5.69 Å². The maximum absolute atomic E-state index is 4.23. The van der Waals surface area contributed by atoms with Crippen molar-refractivity contribution in [2.75, 3.05) is 0 Å². The van der Waals surface area contributed by atoms with E-state index < -0.39 is 0 Å². The van der Waals surface area contributed by atoms with Gasteiger partial charge in [0.05, 0.1) is 11.9 Å². The van der Waals surface area contributed by atoms with E-state index in [1.807, 2.05) is 38.4 Å². The Kier molecular flexibility index (Phi) is 1.85. The third-order valence-electron chi connectivity index (χ3n) is 2.02. The Balaban J connectivity index is 2.59. The van der Waals surface area contributed by atoms with Crippen molar-refractivity contribution in [1.29, 1.82) is 0 Å². The summed E-state index contributed by atoms with van der Waals surface area (Å²) < 4.78 is 2.08. The van der Waals surface area contributed by atoms with Crippen LogP contribution in [0.4, 0.5) is 0 Å². The lowest BCUT2D eigenvalue weighted by Gasteiger charge is -2.05. The van der Waals surface area contributed by atoms with E-state index >= 15 is 0 Å². The summed E-state index contributed by atoms with van der Waals surface area (Å²) in [5.74, 6) is 0.991. The molecule has 0 amide bonds. The van der Waals surface area contributed by atoms with Crippen LogP contribution >= 0.6 is 0 Å². The molecule has 0 aliphatic rings. The molecule has 0 N–H and O–H groups in total. The molecule has 0 aliphatic heterocycles. The van der Waals surface area contributed by atoms with Gasteiger partial charge in [-0.25, -0.2) is 4.98 Å². The molecular weight excluding hydrogens is 162 g/mol. The molecule has 0 unspecified atom stereocenters. The van der Waals surface area contributed by atoms with Crippen LogP contribution in [0.15, 0.2) is 30.7 Å². The molecule has 66 valence electrons. The second-order valence-corrected chi connectivity index (χ2v) is 2.99. The molecule has 2 heterocycles. The van der Waals surface area contributed by atoms with Crippen molar-refractivity contribution in [2.24, 2.45) is 0 Å². The largest absolute Gasteiger partial charge is 0.300 e. The van der Waals surface area contributed by atoms with Gasteiger partial charge in [0.1, 0.15) is 5.82 Å². The Bertz CT molecular complexity index is 384. The Morgan fingerprint density at radius 2 is 2.08 bits per heavy atom. The van der Waals surface area contributed by atoms with Gasteiger partial charge in [-0.1, -0.05) is 0 Å². The monoisotopic (exact) mass is 173 g/mol. The molecule has 0 fully saturated rings. The highest BCUT2D eigenvalue weighted by Crippen LogP contribution is 2.11. The maximum atomic E-state index is 4.23. The van der Waals surface area contributed by atoms with Gasteiger partial charge in [-0.15, -0.1) is 0 Å². The van der Waals surface area contributed by atoms with Crippen molar-refractivity contribution >= 4 is 0 Å². The lowest BCUT2D eigenvalue weighted by molar-refractivity contribution is 0.932. The van der Waals surface area contributed by atoms with E-state index in [-0.39, 0.29) is 0 Å². The number of pyridine rings is 1. The number of hydrogen-bond donors (Lipinski definition) is 0. The summed E-state index contributed by atoms with van der Waals surface area (Å²) in [5.41, 5.74) is 2.19. The van der Waals surface area contributed by atoms with Crippen LogP contribution in [0.25, 0.3) is 5.69 Å². The first kappa shape index (κ1) is 7.98.